The van der Waals surface area contributed by atoms with Gasteiger partial charge in [0.2, 0.25) is 0 Å². The monoisotopic (exact) mass is 263 g/mol. The molecule has 0 aliphatic heterocycles. The van der Waals surface area contributed by atoms with Crippen LogP contribution in [0.4, 0.5) is 5.69 Å². The highest BCUT2D eigenvalue weighted by molar-refractivity contribution is 5.79. The Balaban J connectivity index is 1.84. The Morgan fingerprint density at radius 2 is 2.05 bits per heavy atom. The summed E-state index contributed by atoms with van der Waals surface area (Å²) in [6.45, 7) is 0. The average Bonchev–Trinajstić information content (AvgIpc) is 2.89. The quantitative estimate of drug-likeness (QED) is 0.659. The summed E-state index contributed by atoms with van der Waals surface area (Å²) in [4.78, 5) is 8.22. The third-order valence-electron chi connectivity index (χ3n) is 4.22. The van der Waals surface area contributed by atoms with E-state index < -0.39 is 0 Å². The first-order chi connectivity index (χ1) is 9.81. The lowest BCUT2D eigenvalue weighted by Gasteiger charge is -2.23. The van der Waals surface area contributed by atoms with E-state index in [-0.39, 0.29) is 0 Å². The minimum atomic E-state index is 0.383. The second kappa shape index (κ2) is 4.37. The van der Waals surface area contributed by atoms with Crippen molar-refractivity contribution < 1.29 is 0 Å². The van der Waals surface area contributed by atoms with Crippen LogP contribution in [0.25, 0.3) is 11.0 Å². The predicted octanol–water partition coefficient (Wildman–Crippen LogP) is 3.61. The number of fused-ring (bicyclic) bond motifs is 2. The van der Waals surface area contributed by atoms with E-state index in [2.05, 4.69) is 29.2 Å². The zero-order valence-electron chi connectivity index (χ0n) is 11.3. The van der Waals surface area contributed by atoms with Crippen molar-refractivity contribution in [3.8, 4) is 0 Å². The van der Waals surface area contributed by atoms with E-state index in [1.165, 1.54) is 24.0 Å². The summed E-state index contributed by atoms with van der Waals surface area (Å²) in [7, 11) is 0. The molecular formula is C17H17N3. The first-order valence-electron chi connectivity index (χ1n) is 7.14. The molecule has 0 radical (unpaired) electrons. The molecule has 3 N–H and O–H groups in total. The lowest BCUT2D eigenvalue weighted by atomic mass is 9.82. The van der Waals surface area contributed by atoms with Crippen LogP contribution in [0.2, 0.25) is 0 Å². The highest BCUT2D eigenvalue weighted by atomic mass is 14.9. The Morgan fingerprint density at radius 3 is 3.00 bits per heavy atom. The van der Waals surface area contributed by atoms with E-state index >= 15 is 0 Å². The first-order valence-corrected chi connectivity index (χ1v) is 7.14. The van der Waals surface area contributed by atoms with Crippen molar-refractivity contribution in [2.45, 2.75) is 25.2 Å². The summed E-state index contributed by atoms with van der Waals surface area (Å²) < 4.78 is 0. The van der Waals surface area contributed by atoms with E-state index in [9.17, 15) is 0 Å². The lowest BCUT2D eigenvalue weighted by Crippen LogP contribution is -2.12. The Kier molecular flexibility index (Phi) is 2.52. The van der Waals surface area contributed by atoms with Gasteiger partial charge < -0.3 is 10.7 Å². The van der Waals surface area contributed by atoms with Crippen molar-refractivity contribution in [3.63, 3.8) is 0 Å². The fourth-order valence-corrected chi connectivity index (χ4v) is 3.25. The number of hydrogen-bond acceptors (Lipinski definition) is 2. The smallest absolute Gasteiger partial charge is 0.114 e. The van der Waals surface area contributed by atoms with E-state index in [0.29, 0.717) is 5.92 Å². The van der Waals surface area contributed by atoms with E-state index in [1.807, 2.05) is 18.2 Å². The van der Waals surface area contributed by atoms with Gasteiger partial charge in [-0.25, -0.2) is 4.98 Å². The van der Waals surface area contributed by atoms with Gasteiger partial charge in [0.1, 0.15) is 5.82 Å². The zero-order chi connectivity index (χ0) is 13.5. The third kappa shape index (κ3) is 1.78. The summed E-state index contributed by atoms with van der Waals surface area (Å²) in [6, 6.07) is 14.6. The Bertz CT molecular complexity index is 773. The highest BCUT2D eigenvalue weighted by Gasteiger charge is 2.23. The zero-order valence-corrected chi connectivity index (χ0v) is 11.3. The van der Waals surface area contributed by atoms with Gasteiger partial charge in [-0.05, 0) is 48.6 Å². The second-order valence-electron chi connectivity index (χ2n) is 5.54. The number of benzene rings is 2. The summed E-state index contributed by atoms with van der Waals surface area (Å²) in [5.74, 6) is 1.45. The molecule has 1 heterocycles. The molecule has 0 bridgehead atoms. The molecule has 1 unspecified atom stereocenters. The number of anilines is 1. The third-order valence-corrected chi connectivity index (χ3v) is 4.22. The molecule has 4 rings (SSSR count). The number of nitrogens with zero attached hydrogens (tertiary/aromatic N) is 1. The van der Waals surface area contributed by atoms with Crippen LogP contribution in [0.3, 0.4) is 0 Å². The van der Waals surface area contributed by atoms with E-state index in [4.69, 9.17) is 10.7 Å². The maximum atomic E-state index is 5.84. The van der Waals surface area contributed by atoms with Crippen LogP contribution >= 0.6 is 0 Å². The number of hydrogen-bond donors (Lipinski definition) is 2. The van der Waals surface area contributed by atoms with Gasteiger partial charge in [0.05, 0.1) is 11.0 Å². The Labute approximate surface area is 117 Å². The minimum Gasteiger partial charge on any atom is -0.399 e. The number of nitrogen functional groups attached to an aromatic ring is 1. The molecule has 100 valence electrons. The molecule has 0 amide bonds. The number of imidazole rings is 1. The topological polar surface area (TPSA) is 54.7 Å². The molecule has 3 aromatic rings. The largest absolute Gasteiger partial charge is 0.399 e. The van der Waals surface area contributed by atoms with Crippen LogP contribution in [-0.2, 0) is 6.42 Å². The molecule has 0 saturated heterocycles. The van der Waals surface area contributed by atoms with Crippen molar-refractivity contribution in [2.75, 3.05) is 5.73 Å². The highest BCUT2D eigenvalue weighted by Crippen LogP contribution is 2.36. The summed E-state index contributed by atoms with van der Waals surface area (Å²) in [5.41, 5.74) is 11.5. The van der Waals surface area contributed by atoms with Crippen molar-refractivity contribution in [1.29, 1.82) is 0 Å². The van der Waals surface area contributed by atoms with Crippen molar-refractivity contribution in [2.24, 2.45) is 0 Å². The number of aryl methyl sites for hydroxylation is 1. The van der Waals surface area contributed by atoms with Crippen molar-refractivity contribution in [3.05, 3.63) is 59.4 Å². The van der Waals surface area contributed by atoms with Gasteiger partial charge >= 0.3 is 0 Å². The minimum absolute atomic E-state index is 0.383. The molecule has 0 saturated carbocycles. The van der Waals surface area contributed by atoms with Gasteiger partial charge in [-0.3, -0.25) is 0 Å². The van der Waals surface area contributed by atoms with Crippen LogP contribution in [0.5, 0.6) is 0 Å². The first kappa shape index (κ1) is 11.5. The standard InChI is InChI=1S/C17H17N3/c18-12-8-9-15-16(10-12)20-17(19-15)14-7-3-5-11-4-1-2-6-13(11)14/h1-2,4,6,8-10,14H,3,5,7,18H2,(H,19,20). The normalized spacial score (nSPS) is 18.1. The van der Waals surface area contributed by atoms with Gasteiger partial charge in [0, 0.05) is 11.6 Å². The van der Waals surface area contributed by atoms with Gasteiger partial charge in [-0.1, -0.05) is 24.3 Å². The molecule has 3 nitrogen and oxygen atoms in total. The second-order valence-corrected chi connectivity index (χ2v) is 5.54. The Hall–Kier alpha value is -2.29. The number of aromatic nitrogens is 2. The maximum absolute atomic E-state index is 5.84. The fraction of sp³-hybridized carbons (Fsp3) is 0.235. The Morgan fingerprint density at radius 1 is 1.15 bits per heavy atom. The molecule has 2 aromatic carbocycles. The maximum Gasteiger partial charge on any atom is 0.114 e. The molecular weight excluding hydrogens is 246 g/mol. The number of nitrogens with two attached hydrogens (primary N) is 1. The SMILES string of the molecule is Nc1ccc2nc(C3CCCc4ccccc43)[nH]c2c1. The number of H-pyrrole nitrogens is 1. The number of aromatic amines is 1. The van der Waals surface area contributed by atoms with Crippen LogP contribution < -0.4 is 5.73 Å². The molecule has 1 atom stereocenters. The van der Waals surface area contributed by atoms with E-state index in [1.54, 1.807) is 0 Å². The van der Waals surface area contributed by atoms with Gasteiger partial charge in [0.25, 0.3) is 0 Å². The van der Waals surface area contributed by atoms with Crippen molar-refractivity contribution in [1.82, 2.24) is 9.97 Å². The van der Waals surface area contributed by atoms with Crippen LogP contribution in [-0.4, -0.2) is 9.97 Å². The molecule has 1 aromatic heterocycles. The molecule has 3 heteroatoms. The summed E-state index contributed by atoms with van der Waals surface area (Å²) in [5, 5.41) is 0. The fourth-order valence-electron chi connectivity index (χ4n) is 3.25. The van der Waals surface area contributed by atoms with Gasteiger partial charge in [0.15, 0.2) is 0 Å². The summed E-state index contributed by atoms with van der Waals surface area (Å²) >= 11 is 0. The number of rotatable bonds is 1. The molecule has 1 aliphatic rings. The lowest BCUT2D eigenvalue weighted by molar-refractivity contribution is 0.596. The van der Waals surface area contributed by atoms with Gasteiger partial charge in [-0.2, -0.15) is 0 Å². The molecule has 1 aliphatic carbocycles. The summed E-state index contributed by atoms with van der Waals surface area (Å²) in [6.07, 6.45) is 3.56. The van der Waals surface area contributed by atoms with Crippen LogP contribution in [0, 0.1) is 0 Å². The molecule has 0 fully saturated rings. The average molecular weight is 263 g/mol. The van der Waals surface area contributed by atoms with E-state index in [0.717, 1.165) is 29.0 Å². The van der Waals surface area contributed by atoms with Crippen LogP contribution in [0.1, 0.15) is 35.7 Å². The van der Waals surface area contributed by atoms with Gasteiger partial charge in [-0.15, -0.1) is 0 Å². The van der Waals surface area contributed by atoms with Crippen LogP contribution in [0.15, 0.2) is 42.5 Å². The molecule has 20 heavy (non-hydrogen) atoms. The number of nitrogens with one attached hydrogen (secondary N) is 1. The molecule has 0 spiro atoms. The predicted molar refractivity (Wildman–Crippen MR) is 81.7 cm³/mol. The van der Waals surface area contributed by atoms with Crippen molar-refractivity contribution >= 4 is 16.7 Å².